The molecule has 0 radical (unpaired) electrons. The molecule has 2 aromatic carbocycles. The molecule has 168 valence electrons. The van der Waals surface area contributed by atoms with E-state index in [1.54, 1.807) is 38.1 Å². The molecule has 0 heterocycles. The van der Waals surface area contributed by atoms with Crippen LogP contribution in [0, 0.1) is 18.8 Å². The number of hydrogen-bond donors (Lipinski definition) is 1. The van der Waals surface area contributed by atoms with Gasteiger partial charge in [0.05, 0.1) is 25.2 Å². The summed E-state index contributed by atoms with van der Waals surface area (Å²) in [5.74, 6) is 5.83. The summed E-state index contributed by atoms with van der Waals surface area (Å²) in [6.07, 6.45) is 1.25. The first kappa shape index (κ1) is 23.6. The first-order valence-corrected chi connectivity index (χ1v) is 11.1. The van der Waals surface area contributed by atoms with E-state index in [4.69, 9.17) is 9.47 Å². The summed E-state index contributed by atoms with van der Waals surface area (Å²) in [6.45, 7) is 8.32. The zero-order valence-corrected chi connectivity index (χ0v) is 19.2. The highest BCUT2D eigenvalue weighted by Gasteiger charge is 2.40. The summed E-state index contributed by atoms with van der Waals surface area (Å²) in [7, 11) is 0. The minimum atomic E-state index is -1.25. The second-order valence-electron chi connectivity index (χ2n) is 8.26. The van der Waals surface area contributed by atoms with Crippen LogP contribution in [0.25, 0.3) is 0 Å². The average molecular weight is 435 g/mol. The zero-order chi connectivity index (χ0) is 23.3. The van der Waals surface area contributed by atoms with E-state index >= 15 is 0 Å². The van der Waals surface area contributed by atoms with Crippen LogP contribution in [0.5, 0.6) is 0 Å². The predicted molar refractivity (Wildman–Crippen MR) is 122 cm³/mol. The van der Waals surface area contributed by atoms with Gasteiger partial charge in [-0.25, -0.2) is 4.79 Å². The number of rotatable bonds is 5. The van der Waals surface area contributed by atoms with Gasteiger partial charge in [0.15, 0.2) is 0 Å². The van der Waals surface area contributed by atoms with Gasteiger partial charge in [-0.2, -0.15) is 0 Å². The average Bonchev–Trinajstić information content (AvgIpc) is 2.75. The normalized spacial score (nSPS) is 19.3. The molecular formula is C27H30O5. The second-order valence-corrected chi connectivity index (χ2v) is 8.26. The Kier molecular flexibility index (Phi) is 7.37. The van der Waals surface area contributed by atoms with E-state index in [2.05, 4.69) is 18.8 Å². The van der Waals surface area contributed by atoms with Gasteiger partial charge in [0.2, 0.25) is 0 Å². The van der Waals surface area contributed by atoms with E-state index in [1.807, 2.05) is 19.1 Å². The number of hydrogen-bond acceptors (Lipinski definition) is 5. The highest BCUT2D eigenvalue weighted by Crippen LogP contribution is 2.45. The van der Waals surface area contributed by atoms with E-state index in [-0.39, 0.29) is 19.0 Å². The molecule has 0 saturated heterocycles. The number of benzene rings is 2. The van der Waals surface area contributed by atoms with Crippen molar-refractivity contribution < 1.29 is 24.2 Å². The molecule has 0 saturated carbocycles. The molecule has 2 aromatic rings. The molecule has 3 rings (SSSR count). The lowest BCUT2D eigenvalue weighted by Gasteiger charge is -2.38. The van der Waals surface area contributed by atoms with Crippen molar-refractivity contribution in [1.29, 1.82) is 0 Å². The van der Waals surface area contributed by atoms with E-state index in [9.17, 15) is 14.7 Å². The topological polar surface area (TPSA) is 72.8 Å². The minimum Gasteiger partial charge on any atom is -0.466 e. The maximum Gasteiger partial charge on any atom is 0.338 e. The van der Waals surface area contributed by atoms with Gasteiger partial charge in [-0.1, -0.05) is 18.8 Å². The lowest BCUT2D eigenvalue weighted by molar-refractivity contribution is -0.149. The van der Waals surface area contributed by atoms with Crippen LogP contribution in [0.4, 0.5) is 0 Å². The van der Waals surface area contributed by atoms with Gasteiger partial charge in [-0.3, -0.25) is 4.79 Å². The van der Waals surface area contributed by atoms with Crippen LogP contribution in [0.2, 0.25) is 0 Å². The number of carbonyl (C=O) groups excluding carboxylic acids is 2. The first-order chi connectivity index (χ1) is 15.3. The summed E-state index contributed by atoms with van der Waals surface area (Å²) in [4.78, 5) is 24.0. The molecule has 2 unspecified atom stereocenters. The third-order valence-corrected chi connectivity index (χ3v) is 5.86. The van der Waals surface area contributed by atoms with Gasteiger partial charge in [0, 0.05) is 11.1 Å². The van der Waals surface area contributed by atoms with Gasteiger partial charge < -0.3 is 14.6 Å². The molecule has 1 aliphatic carbocycles. The van der Waals surface area contributed by atoms with Crippen molar-refractivity contribution in [2.75, 3.05) is 13.2 Å². The molecule has 2 atom stereocenters. The predicted octanol–water partition coefficient (Wildman–Crippen LogP) is 4.61. The van der Waals surface area contributed by atoms with Crippen molar-refractivity contribution in [3.05, 3.63) is 69.8 Å². The number of fused-ring (bicyclic) bond motifs is 1. The quantitative estimate of drug-likeness (QED) is 0.550. The molecular weight excluding hydrogens is 404 g/mol. The largest absolute Gasteiger partial charge is 0.466 e. The molecule has 0 aromatic heterocycles. The highest BCUT2D eigenvalue weighted by atomic mass is 16.5. The van der Waals surface area contributed by atoms with E-state index in [1.165, 1.54) is 0 Å². The summed E-state index contributed by atoms with van der Waals surface area (Å²) in [5.41, 5.74) is 3.69. The first-order valence-electron chi connectivity index (χ1n) is 11.1. The highest BCUT2D eigenvalue weighted by molar-refractivity contribution is 5.89. The smallest absolute Gasteiger partial charge is 0.338 e. The third kappa shape index (κ3) is 5.20. The van der Waals surface area contributed by atoms with Gasteiger partial charge in [-0.05, 0) is 92.6 Å². The fourth-order valence-corrected chi connectivity index (χ4v) is 4.33. The minimum absolute atomic E-state index is 0.0633. The van der Waals surface area contributed by atoms with E-state index in [0.29, 0.717) is 24.5 Å². The SMILES string of the molecule is CCOC(=O)CC1(O)CCC(C)c2c(C)cc(C#Cc3ccc(C(=O)OCC)cc3)cc21. The number of ether oxygens (including phenoxy) is 2. The number of aliphatic hydroxyl groups is 1. The maximum absolute atomic E-state index is 12.2. The van der Waals surface area contributed by atoms with Crippen LogP contribution < -0.4 is 0 Å². The molecule has 0 bridgehead atoms. The van der Waals surface area contributed by atoms with Gasteiger partial charge >= 0.3 is 11.9 Å². The van der Waals surface area contributed by atoms with Crippen LogP contribution >= 0.6 is 0 Å². The van der Waals surface area contributed by atoms with Crippen molar-refractivity contribution in [2.45, 2.75) is 58.5 Å². The van der Waals surface area contributed by atoms with Crippen molar-refractivity contribution in [3.8, 4) is 11.8 Å². The van der Waals surface area contributed by atoms with Crippen LogP contribution in [0.1, 0.15) is 84.1 Å². The third-order valence-electron chi connectivity index (χ3n) is 5.86. The van der Waals surface area contributed by atoms with Gasteiger partial charge in [0.1, 0.15) is 5.60 Å². The van der Waals surface area contributed by atoms with Crippen LogP contribution in [-0.4, -0.2) is 30.3 Å². The van der Waals surface area contributed by atoms with Crippen molar-refractivity contribution in [1.82, 2.24) is 0 Å². The Morgan fingerprint density at radius 2 is 1.72 bits per heavy atom. The Labute approximate surface area is 189 Å². The Balaban J connectivity index is 1.92. The molecule has 1 N–H and O–H groups in total. The molecule has 0 amide bonds. The number of aryl methyl sites for hydroxylation is 1. The molecule has 0 spiro atoms. The van der Waals surface area contributed by atoms with Crippen molar-refractivity contribution >= 4 is 11.9 Å². The van der Waals surface area contributed by atoms with Gasteiger partial charge in [-0.15, -0.1) is 0 Å². The zero-order valence-electron chi connectivity index (χ0n) is 19.2. The molecule has 32 heavy (non-hydrogen) atoms. The fourth-order valence-electron chi connectivity index (χ4n) is 4.33. The maximum atomic E-state index is 12.2. The van der Waals surface area contributed by atoms with E-state index < -0.39 is 11.6 Å². The molecule has 0 aliphatic heterocycles. The summed E-state index contributed by atoms with van der Waals surface area (Å²) in [6, 6.07) is 10.9. The van der Waals surface area contributed by atoms with Crippen LogP contribution in [0.15, 0.2) is 36.4 Å². The van der Waals surface area contributed by atoms with Gasteiger partial charge in [0.25, 0.3) is 0 Å². The standard InChI is InChI=1S/C27H30O5/c1-5-31-24(28)17-27(30)14-13-18(3)25-19(4)15-21(16-23(25)27)8-7-20-9-11-22(12-10-20)26(29)32-6-2/h9-12,15-16,18,30H,5-6,13-14,17H2,1-4H3. The van der Waals surface area contributed by atoms with Crippen LogP contribution in [-0.2, 0) is 19.9 Å². The van der Waals surface area contributed by atoms with Crippen LogP contribution in [0.3, 0.4) is 0 Å². The Hall–Kier alpha value is -3.10. The number of esters is 2. The summed E-state index contributed by atoms with van der Waals surface area (Å²) < 4.78 is 10.1. The second kappa shape index (κ2) is 10.0. The Bertz CT molecular complexity index is 1060. The monoisotopic (exact) mass is 434 g/mol. The van der Waals surface area contributed by atoms with Crippen molar-refractivity contribution in [2.24, 2.45) is 0 Å². The molecule has 5 heteroatoms. The number of carbonyl (C=O) groups is 2. The molecule has 0 fully saturated rings. The van der Waals surface area contributed by atoms with E-state index in [0.717, 1.165) is 34.2 Å². The lowest BCUT2D eigenvalue weighted by Crippen LogP contribution is -2.35. The Morgan fingerprint density at radius 3 is 2.38 bits per heavy atom. The molecule has 5 nitrogen and oxygen atoms in total. The summed E-state index contributed by atoms with van der Waals surface area (Å²) in [5, 5.41) is 11.4. The fraction of sp³-hybridized carbons (Fsp3) is 0.407. The lowest BCUT2D eigenvalue weighted by atomic mass is 9.71. The van der Waals surface area contributed by atoms with Crippen molar-refractivity contribution in [3.63, 3.8) is 0 Å². The Morgan fingerprint density at radius 1 is 1.06 bits per heavy atom. The molecule has 1 aliphatic rings. The summed E-state index contributed by atoms with van der Waals surface area (Å²) >= 11 is 0.